The van der Waals surface area contributed by atoms with E-state index in [0.29, 0.717) is 26.1 Å². The zero-order valence-electron chi connectivity index (χ0n) is 15.9. The molecule has 154 valence electrons. The molecule has 0 saturated carbocycles. The van der Waals surface area contributed by atoms with Crippen LogP contribution in [0.25, 0.3) is 0 Å². The maximum atomic E-state index is 9.87. The highest BCUT2D eigenvalue weighted by atomic mass is 16.7. The van der Waals surface area contributed by atoms with Gasteiger partial charge in [0.25, 0.3) is 0 Å². The smallest absolute Gasteiger partial charge is 0.302 e. The van der Waals surface area contributed by atoms with Crippen molar-refractivity contribution in [3.8, 4) is 0 Å². The maximum absolute atomic E-state index is 9.87. The predicted molar refractivity (Wildman–Crippen MR) is 91.6 cm³/mol. The molecule has 0 rings (SSSR count). The number of esters is 1. The van der Waals surface area contributed by atoms with Crippen molar-refractivity contribution in [3.05, 3.63) is 0 Å². The molecule has 0 heterocycles. The van der Waals surface area contributed by atoms with Crippen molar-refractivity contribution < 1.29 is 44.5 Å². The second kappa shape index (κ2) is 21.2. The first-order valence-electron chi connectivity index (χ1n) is 8.30. The van der Waals surface area contributed by atoms with Crippen molar-refractivity contribution in [2.24, 2.45) is 0 Å². The third-order valence-electron chi connectivity index (χ3n) is 2.13. The average molecular weight is 372 g/mol. The monoisotopic (exact) mass is 372 g/mol. The van der Waals surface area contributed by atoms with Gasteiger partial charge in [0.15, 0.2) is 12.6 Å². The van der Waals surface area contributed by atoms with Crippen LogP contribution in [0.2, 0.25) is 0 Å². The molecule has 0 saturated heterocycles. The molecular formula is C16H36O9. The van der Waals surface area contributed by atoms with Crippen LogP contribution in [0, 0.1) is 0 Å². The molecule has 4 atom stereocenters. The number of rotatable bonds is 10. The number of hydrogen-bond acceptors (Lipinski definition) is 9. The van der Waals surface area contributed by atoms with E-state index < -0.39 is 24.8 Å². The Kier molecular flexibility index (Phi) is 24.6. The van der Waals surface area contributed by atoms with Crippen molar-refractivity contribution in [1.82, 2.24) is 0 Å². The Morgan fingerprint density at radius 1 is 0.920 bits per heavy atom. The summed E-state index contributed by atoms with van der Waals surface area (Å²) in [5.74, 6) is -0.353. The van der Waals surface area contributed by atoms with E-state index in [1.54, 1.807) is 27.7 Å². The van der Waals surface area contributed by atoms with Gasteiger partial charge in [-0.15, -0.1) is 0 Å². The molecule has 9 heteroatoms. The summed E-state index contributed by atoms with van der Waals surface area (Å²) in [5.41, 5.74) is 0. The van der Waals surface area contributed by atoms with Crippen LogP contribution < -0.4 is 0 Å². The van der Waals surface area contributed by atoms with Crippen molar-refractivity contribution in [3.63, 3.8) is 0 Å². The summed E-state index contributed by atoms with van der Waals surface area (Å²) in [4.78, 5) is 9.87. The highest BCUT2D eigenvalue weighted by Gasteiger charge is 2.05. The molecule has 0 aliphatic carbocycles. The zero-order valence-corrected chi connectivity index (χ0v) is 15.9. The summed E-state index contributed by atoms with van der Waals surface area (Å²) in [6.07, 6.45) is -1.50. The van der Waals surface area contributed by atoms with Gasteiger partial charge in [-0.3, -0.25) is 4.79 Å². The number of carbonyl (C=O) groups excluding carboxylic acids is 1. The SMILES string of the molecule is CC(=O)OCCO.CC(O)COCC(C)O.CCC(O)OC(O)CC. The second-order valence-corrected chi connectivity index (χ2v) is 5.16. The number of carbonyl (C=O) groups is 1. The lowest BCUT2D eigenvalue weighted by molar-refractivity contribution is -0.208. The molecule has 9 nitrogen and oxygen atoms in total. The standard InChI is InChI=1S/2C6H14O3.C4H8O3/c1-5(7)3-9-4-6(2)8;1-3-5(7)9-6(8)4-2;1-4(6)7-3-2-5/h2*5-8H,3-4H2,1-2H3;5H,2-3H2,1H3. The van der Waals surface area contributed by atoms with E-state index >= 15 is 0 Å². The molecule has 0 aromatic heterocycles. The van der Waals surface area contributed by atoms with Gasteiger partial charge in [-0.05, 0) is 26.7 Å². The Labute approximate surface area is 150 Å². The molecule has 0 amide bonds. The number of hydrogen-bond donors (Lipinski definition) is 5. The number of aliphatic hydroxyl groups is 5. The molecule has 0 aliphatic heterocycles. The first kappa shape index (κ1) is 29.0. The highest BCUT2D eigenvalue weighted by Crippen LogP contribution is 1.99. The number of aliphatic hydroxyl groups excluding tert-OH is 5. The summed E-state index contributed by atoms with van der Waals surface area (Å²) in [6, 6.07) is 0. The van der Waals surface area contributed by atoms with Crippen LogP contribution in [0.4, 0.5) is 0 Å². The van der Waals surface area contributed by atoms with Crippen LogP contribution in [0.3, 0.4) is 0 Å². The van der Waals surface area contributed by atoms with Gasteiger partial charge >= 0.3 is 5.97 Å². The third kappa shape index (κ3) is 35.2. The van der Waals surface area contributed by atoms with Gasteiger partial charge in [-0.1, -0.05) is 13.8 Å². The second-order valence-electron chi connectivity index (χ2n) is 5.16. The van der Waals surface area contributed by atoms with Crippen LogP contribution in [-0.4, -0.2) is 82.7 Å². The molecule has 5 N–H and O–H groups in total. The molecule has 0 fully saturated rings. The van der Waals surface area contributed by atoms with Crippen LogP contribution in [-0.2, 0) is 19.0 Å². The summed E-state index contributed by atoms with van der Waals surface area (Å²) in [7, 11) is 0. The third-order valence-corrected chi connectivity index (χ3v) is 2.13. The molecule has 0 aliphatic rings. The van der Waals surface area contributed by atoms with Crippen molar-refractivity contribution in [2.45, 2.75) is 72.2 Å². The summed E-state index contributed by atoms with van der Waals surface area (Å²) in [5, 5.41) is 42.9. The molecule has 0 aromatic carbocycles. The van der Waals surface area contributed by atoms with E-state index in [4.69, 9.17) is 30.3 Å². The van der Waals surface area contributed by atoms with Crippen LogP contribution in [0.5, 0.6) is 0 Å². The Morgan fingerprint density at radius 2 is 1.32 bits per heavy atom. The van der Waals surface area contributed by atoms with Gasteiger partial charge in [-0.25, -0.2) is 0 Å². The van der Waals surface area contributed by atoms with Gasteiger partial charge in [0.05, 0.1) is 32.0 Å². The lowest BCUT2D eigenvalue weighted by Crippen LogP contribution is -2.19. The maximum Gasteiger partial charge on any atom is 0.302 e. The topological polar surface area (TPSA) is 146 Å². The lowest BCUT2D eigenvalue weighted by Gasteiger charge is -2.13. The van der Waals surface area contributed by atoms with E-state index in [1.165, 1.54) is 6.92 Å². The molecule has 0 aromatic rings. The molecular weight excluding hydrogens is 336 g/mol. The quantitative estimate of drug-likeness (QED) is 0.259. The zero-order chi connectivity index (χ0) is 20.3. The van der Waals surface area contributed by atoms with Gasteiger partial charge in [0, 0.05) is 6.92 Å². The van der Waals surface area contributed by atoms with Gasteiger partial charge in [0.1, 0.15) is 6.61 Å². The van der Waals surface area contributed by atoms with Gasteiger partial charge in [-0.2, -0.15) is 0 Å². The molecule has 0 radical (unpaired) electrons. The molecule has 25 heavy (non-hydrogen) atoms. The molecule has 0 spiro atoms. The highest BCUT2D eigenvalue weighted by molar-refractivity contribution is 5.65. The van der Waals surface area contributed by atoms with E-state index in [-0.39, 0.29) is 19.2 Å². The van der Waals surface area contributed by atoms with E-state index in [1.807, 2.05) is 0 Å². The summed E-state index contributed by atoms with van der Waals surface area (Å²) >= 11 is 0. The minimum absolute atomic E-state index is 0.0976. The Morgan fingerprint density at radius 3 is 1.52 bits per heavy atom. The van der Waals surface area contributed by atoms with Gasteiger partial charge in [0.2, 0.25) is 0 Å². The van der Waals surface area contributed by atoms with Crippen LogP contribution in [0.15, 0.2) is 0 Å². The number of ether oxygens (including phenoxy) is 3. The van der Waals surface area contributed by atoms with E-state index in [0.717, 1.165) is 0 Å². The van der Waals surface area contributed by atoms with Crippen molar-refractivity contribution in [1.29, 1.82) is 0 Å². The first-order chi connectivity index (χ1) is 11.6. The summed E-state index contributed by atoms with van der Waals surface area (Å²) in [6.45, 7) is 8.75. The predicted octanol–water partition coefficient (Wildman–Crippen LogP) is -0.234. The van der Waals surface area contributed by atoms with Crippen molar-refractivity contribution in [2.75, 3.05) is 26.4 Å². The fourth-order valence-electron chi connectivity index (χ4n) is 0.972. The fraction of sp³-hybridized carbons (Fsp3) is 0.938. The minimum atomic E-state index is -0.819. The Balaban J connectivity index is -0.000000293. The largest absolute Gasteiger partial charge is 0.463 e. The minimum Gasteiger partial charge on any atom is -0.463 e. The summed E-state index contributed by atoms with van der Waals surface area (Å²) < 4.78 is 13.8. The van der Waals surface area contributed by atoms with E-state index in [2.05, 4.69) is 9.47 Å². The Hall–Kier alpha value is -0.810. The first-order valence-corrected chi connectivity index (χ1v) is 8.30. The van der Waals surface area contributed by atoms with Crippen molar-refractivity contribution >= 4 is 5.97 Å². The lowest BCUT2D eigenvalue weighted by atomic mass is 10.4. The Bertz CT molecular complexity index is 256. The van der Waals surface area contributed by atoms with Gasteiger partial charge < -0.3 is 39.7 Å². The van der Waals surface area contributed by atoms with Crippen LogP contribution in [0.1, 0.15) is 47.5 Å². The fourth-order valence-corrected chi connectivity index (χ4v) is 0.972. The molecule has 4 unspecified atom stereocenters. The normalized spacial score (nSPS) is 14.8. The van der Waals surface area contributed by atoms with E-state index in [9.17, 15) is 4.79 Å². The average Bonchev–Trinajstić information content (AvgIpc) is 2.53. The van der Waals surface area contributed by atoms with Crippen LogP contribution >= 0.6 is 0 Å². The molecule has 0 bridgehead atoms.